The van der Waals surface area contributed by atoms with Gasteiger partial charge in [-0.3, -0.25) is 0 Å². The molecular formula is C15H29NO4. The molecule has 0 aromatic rings. The zero-order valence-electron chi connectivity index (χ0n) is 13.1. The second-order valence-electron chi connectivity index (χ2n) is 4.94. The van der Waals surface area contributed by atoms with Crippen molar-refractivity contribution in [1.82, 2.24) is 5.32 Å². The highest BCUT2D eigenvalue weighted by Gasteiger charge is 2.17. The van der Waals surface area contributed by atoms with E-state index in [1.165, 1.54) is 25.7 Å². The number of nitrogens with one attached hydrogen (secondary N) is 1. The summed E-state index contributed by atoms with van der Waals surface area (Å²) in [5.41, 5.74) is 0. The van der Waals surface area contributed by atoms with Gasteiger partial charge in [0, 0.05) is 0 Å². The average Bonchev–Trinajstić information content (AvgIpc) is 2.43. The van der Waals surface area contributed by atoms with Crippen molar-refractivity contribution < 1.29 is 19.1 Å². The van der Waals surface area contributed by atoms with Gasteiger partial charge in [-0.25, -0.2) is 9.59 Å². The number of hydrogen-bond donors (Lipinski definition) is 1. The number of carbonyl (C=O) groups excluding carboxylic acids is 2. The zero-order valence-corrected chi connectivity index (χ0v) is 13.1. The molecule has 1 unspecified atom stereocenters. The predicted molar refractivity (Wildman–Crippen MR) is 78.6 cm³/mol. The average molecular weight is 287 g/mol. The molecule has 0 fully saturated rings. The third-order valence-electron chi connectivity index (χ3n) is 2.87. The van der Waals surface area contributed by atoms with Crippen molar-refractivity contribution in [2.45, 2.75) is 71.8 Å². The van der Waals surface area contributed by atoms with Crippen molar-refractivity contribution in [2.24, 2.45) is 0 Å². The Bertz CT molecular complexity index is 269. The van der Waals surface area contributed by atoms with Crippen LogP contribution in [0, 0.1) is 0 Å². The number of rotatable bonds is 11. The van der Waals surface area contributed by atoms with Crippen LogP contribution in [0.4, 0.5) is 4.79 Å². The molecule has 0 radical (unpaired) electrons. The van der Waals surface area contributed by atoms with Crippen molar-refractivity contribution in [3.8, 4) is 0 Å². The normalized spacial score (nSPS) is 11.8. The summed E-state index contributed by atoms with van der Waals surface area (Å²) in [5.74, 6) is -0.410. The van der Waals surface area contributed by atoms with Crippen molar-refractivity contribution in [3.05, 3.63) is 0 Å². The van der Waals surface area contributed by atoms with Gasteiger partial charge in [0.05, 0.1) is 13.2 Å². The highest BCUT2D eigenvalue weighted by molar-refractivity contribution is 5.80. The van der Waals surface area contributed by atoms with Crippen molar-refractivity contribution >= 4 is 12.1 Å². The number of unbranched alkanes of at least 4 members (excludes halogenated alkanes) is 5. The Labute approximate surface area is 122 Å². The molecule has 0 aliphatic rings. The van der Waals surface area contributed by atoms with Crippen LogP contribution in [0.25, 0.3) is 0 Å². The molecule has 118 valence electrons. The van der Waals surface area contributed by atoms with Gasteiger partial charge in [-0.05, 0) is 19.8 Å². The first-order chi connectivity index (χ1) is 9.61. The predicted octanol–water partition coefficient (Wildman–Crippen LogP) is 3.41. The van der Waals surface area contributed by atoms with Crippen LogP contribution in [0.15, 0.2) is 0 Å². The molecule has 0 heterocycles. The molecule has 1 amide bonds. The Hall–Kier alpha value is -1.26. The van der Waals surface area contributed by atoms with E-state index in [0.29, 0.717) is 13.2 Å². The number of alkyl carbamates (subject to hydrolysis) is 1. The summed E-state index contributed by atoms with van der Waals surface area (Å²) in [6.07, 6.45) is 7.05. The van der Waals surface area contributed by atoms with Crippen LogP contribution in [0.1, 0.15) is 65.7 Å². The number of ether oxygens (including phenoxy) is 2. The lowest BCUT2D eigenvalue weighted by Gasteiger charge is -2.13. The van der Waals surface area contributed by atoms with Crippen LogP contribution in [0.5, 0.6) is 0 Å². The van der Waals surface area contributed by atoms with Gasteiger partial charge in [0.15, 0.2) is 0 Å². The largest absolute Gasteiger partial charge is 0.464 e. The Morgan fingerprint density at radius 3 is 2.20 bits per heavy atom. The highest BCUT2D eigenvalue weighted by atomic mass is 16.6. The van der Waals surface area contributed by atoms with Gasteiger partial charge in [-0.2, -0.15) is 0 Å². The van der Waals surface area contributed by atoms with E-state index >= 15 is 0 Å². The minimum atomic E-state index is -0.667. The van der Waals surface area contributed by atoms with Crippen LogP contribution in [0.3, 0.4) is 0 Å². The first-order valence-electron chi connectivity index (χ1n) is 7.71. The second kappa shape index (κ2) is 12.8. The molecule has 0 spiro atoms. The van der Waals surface area contributed by atoms with Gasteiger partial charge in [0.25, 0.3) is 0 Å². The van der Waals surface area contributed by atoms with Crippen molar-refractivity contribution in [3.63, 3.8) is 0 Å². The molecule has 5 heteroatoms. The van der Waals surface area contributed by atoms with E-state index in [4.69, 9.17) is 9.47 Å². The van der Waals surface area contributed by atoms with E-state index in [2.05, 4.69) is 12.2 Å². The summed E-state index contributed by atoms with van der Waals surface area (Å²) in [6.45, 7) is 6.45. The summed E-state index contributed by atoms with van der Waals surface area (Å²) in [4.78, 5) is 22.8. The summed E-state index contributed by atoms with van der Waals surface area (Å²) in [5, 5.41) is 2.45. The Morgan fingerprint density at radius 2 is 1.55 bits per heavy atom. The molecule has 0 aliphatic carbocycles. The van der Waals surface area contributed by atoms with Gasteiger partial charge in [-0.15, -0.1) is 0 Å². The first-order valence-corrected chi connectivity index (χ1v) is 7.71. The van der Waals surface area contributed by atoms with E-state index in [-0.39, 0.29) is 0 Å². The molecule has 0 bridgehead atoms. The van der Waals surface area contributed by atoms with Crippen LogP contribution >= 0.6 is 0 Å². The van der Waals surface area contributed by atoms with Gasteiger partial charge in [0.1, 0.15) is 6.04 Å². The van der Waals surface area contributed by atoms with E-state index < -0.39 is 18.1 Å². The summed E-state index contributed by atoms with van der Waals surface area (Å²) < 4.78 is 9.94. The fraction of sp³-hybridized carbons (Fsp3) is 0.867. The van der Waals surface area contributed by atoms with Gasteiger partial charge < -0.3 is 14.8 Å². The molecule has 0 rings (SSSR count). The number of amides is 1. The topological polar surface area (TPSA) is 64.6 Å². The molecule has 0 saturated carbocycles. The van der Waals surface area contributed by atoms with Crippen LogP contribution in [-0.4, -0.2) is 31.3 Å². The minimum Gasteiger partial charge on any atom is -0.464 e. The maximum absolute atomic E-state index is 11.6. The monoisotopic (exact) mass is 287 g/mol. The zero-order chi connectivity index (χ0) is 15.2. The van der Waals surface area contributed by atoms with Crippen LogP contribution < -0.4 is 5.32 Å². The molecule has 0 aliphatic heterocycles. The van der Waals surface area contributed by atoms with Crippen LogP contribution in [0.2, 0.25) is 0 Å². The Balaban J connectivity index is 3.57. The van der Waals surface area contributed by atoms with Crippen LogP contribution in [-0.2, 0) is 14.3 Å². The molecule has 1 N–H and O–H groups in total. The molecule has 20 heavy (non-hydrogen) atoms. The molecule has 0 saturated heterocycles. The fourth-order valence-corrected chi connectivity index (χ4v) is 1.65. The molecule has 0 aromatic heterocycles. The van der Waals surface area contributed by atoms with Gasteiger partial charge >= 0.3 is 12.1 Å². The number of hydrogen-bond acceptors (Lipinski definition) is 4. The SMILES string of the molecule is CCCCCCCCOC(=O)C(C)NC(=O)OCCC. The van der Waals surface area contributed by atoms with E-state index in [1.807, 2.05) is 6.92 Å². The van der Waals surface area contributed by atoms with Crippen molar-refractivity contribution in [2.75, 3.05) is 13.2 Å². The summed E-state index contributed by atoms with van der Waals surface area (Å²) in [7, 11) is 0. The standard InChI is InChI=1S/C15H29NO4/c1-4-6-7-8-9-10-12-19-14(17)13(3)16-15(18)20-11-5-2/h13H,4-12H2,1-3H3,(H,16,18). The Kier molecular flexibility index (Phi) is 12.0. The third-order valence-corrected chi connectivity index (χ3v) is 2.87. The molecule has 5 nitrogen and oxygen atoms in total. The molecule has 0 aromatic carbocycles. The smallest absolute Gasteiger partial charge is 0.407 e. The molecule has 1 atom stereocenters. The maximum atomic E-state index is 11.6. The van der Waals surface area contributed by atoms with E-state index in [0.717, 1.165) is 19.3 Å². The number of carbonyl (C=O) groups is 2. The fourth-order valence-electron chi connectivity index (χ4n) is 1.65. The van der Waals surface area contributed by atoms with Crippen molar-refractivity contribution in [1.29, 1.82) is 0 Å². The second-order valence-corrected chi connectivity index (χ2v) is 4.94. The Morgan fingerprint density at radius 1 is 0.900 bits per heavy atom. The summed E-state index contributed by atoms with van der Waals surface area (Å²) in [6, 6.07) is -0.667. The highest BCUT2D eigenvalue weighted by Crippen LogP contribution is 2.05. The van der Waals surface area contributed by atoms with E-state index in [9.17, 15) is 9.59 Å². The van der Waals surface area contributed by atoms with Gasteiger partial charge in [-0.1, -0.05) is 46.0 Å². The maximum Gasteiger partial charge on any atom is 0.407 e. The lowest BCUT2D eigenvalue weighted by molar-refractivity contribution is -0.145. The third kappa shape index (κ3) is 10.6. The number of esters is 1. The van der Waals surface area contributed by atoms with E-state index in [1.54, 1.807) is 6.92 Å². The van der Waals surface area contributed by atoms with Gasteiger partial charge in [0.2, 0.25) is 0 Å². The lowest BCUT2D eigenvalue weighted by atomic mass is 10.1. The summed E-state index contributed by atoms with van der Waals surface area (Å²) >= 11 is 0. The minimum absolute atomic E-state index is 0.353. The quantitative estimate of drug-likeness (QED) is 0.467. The molecular weight excluding hydrogens is 258 g/mol. The first kappa shape index (κ1) is 18.7. The lowest BCUT2D eigenvalue weighted by Crippen LogP contribution is -2.40.